The molecule has 0 bridgehead atoms. The van der Waals surface area contributed by atoms with Gasteiger partial charge in [0, 0.05) is 32.6 Å². The van der Waals surface area contributed by atoms with Crippen LogP contribution in [-0.4, -0.2) is 62.3 Å². The summed E-state index contributed by atoms with van der Waals surface area (Å²) in [5.41, 5.74) is 1.69. The second-order valence-electron chi connectivity index (χ2n) is 6.70. The first kappa shape index (κ1) is 19.7. The summed E-state index contributed by atoms with van der Waals surface area (Å²) in [4.78, 5) is 37.7. The molecule has 0 spiro atoms. The number of carbonyl (C=O) groups excluding carboxylic acids is 3. The SMILES string of the molecule is CNC(=O)N1CC=C(c2ccc(N3C[C@H](CNC(C)=O)OC3=O)cc2F)CC1. The van der Waals surface area contributed by atoms with E-state index in [0.29, 0.717) is 30.8 Å². The summed E-state index contributed by atoms with van der Waals surface area (Å²) in [5, 5.41) is 5.18. The molecule has 1 saturated heterocycles. The highest BCUT2D eigenvalue weighted by Crippen LogP contribution is 2.29. The summed E-state index contributed by atoms with van der Waals surface area (Å²) in [6.07, 6.45) is 1.34. The van der Waals surface area contributed by atoms with Crippen LogP contribution in [0.3, 0.4) is 0 Å². The van der Waals surface area contributed by atoms with Gasteiger partial charge in [-0.25, -0.2) is 14.0 Å². The third kappa shape index (κ3) is 4.24. The average Bonchev–Trinajstić information content (AvgIpc) is 3.06. The summed E-state index contributed by atoms with van der Waals surface area (Å²) < 4.78 is 19.9. The minimum atomic E-state index is -0.569. The van der Waals surface area contributed by atoms with Gasteiger partial charge in [-0.1, -0.05) is 6.08 Å². The van der Waals surface area contributed by atoms with E-state index in [1.165, 1.54) is 17.9 Å². The maximum atomic E-state index is 14.7. The zero-order valence-corrected chi connectivity index (χ0v) is 15.8. The van der Waals surface area contributed by atoms with E-state index in [9.17, 15) is 18.8 Å². The Kier molecular flexibility index (Phi) is 5.81. The topological polar surface area (TPSA) is 91.0 Å². The fraction of sp³-hybridized carbons (Fsp3) is 0.421. The molecule has 9 heteroatoms. The minimum Gasteiger partial charge on any atom is -0.442 e. The van der Waals surface area contributed by atoms with Crippen LogP contribution < -0.4 is 15.5 Å². The highest BCUT2D eigenvalue weighted by atomic mass is 19.1. The molecule has 0 radical (unpaired) electrons. The Labute approximate surface area is 162 Å². The van der Waals surface area contributed by atoms with Crippen molar-refractivity contribution < 1.29 is 23.5 Å². The third-order valence-corrected chi connectivity index (χ3v) is 4.77. The first-order valence-corrected chi connectivity index (χ1v) is 9.07. The normalized spacial score (nSPS) is 19.2. The maximum absolute atomic E-state index is 14.7. The predicted molar refractivity (Wildman–Crippen MR) is 101 cm³/mol. The third-order valence-electron chi connectivity index (χ3n) is 4.77. The molecule has 28 heavy (non-hydrogen) atoms. The van der Waals surface area contributed by atoms with E-state index < -0.39 is 18.0 Å². The van der Waals surface area contributed by atoms with Crippen molar-refractivity contribution in [1.29, 1.82) is 0 Å². The summed E-state index contributed by atoms with van der Waals surface area (Å²) in [5.74, 6) is -0.643. The van der Waals surface area contributed by atoms with Crippen LogP contribution in [0.5, 0.6) is 0 Å². The van der Waals surface area contributed by atoms with Crippen LogP contribution in [0.4, 0.5) is 19.7 Å². The van der Waals surface area contributed by atoms with Crippen molar-refractivity contribution in [2.75, 3.05) is 38.1 Å². The van der Waals surface area contributed by atoms with Crippen molar-refractivity contribution >= 4 is 29.3 Å². The number of hydrogen-bond donors (Lipinski definition) is 2. The largest absolute Gasteiger partial charge is 0.442 e. The van der Waals surface area contributed by atoms with Gasteiger partial charge in [-0.05, 0) is 30.2 Å². The lowest BCUT2D eigenvalue weighted by molar-refractivity contribution is -0.119. The zero-order chi connectivity index (χ0) is 20.3. The molecule has 0 aliphatic carbocycles. The van der Waals surface area contributed by atoms with Gasteiger partial charge in [0.15, 0.2) is 0 Å². The molecule has 2 aliphatic heterocycles. The van der Waals surface area contributed by atoms with Crippen LogP contribution in [0.1, 0.15) is 18.9 Å². The number of carbonyl (C=O) groups is 3. The van der Waals surface area contributed by atoms with Crippen LogP contribution >= 0.6 is 0 Å². The van der Waals surface area contributed by atoms with E-state index in [2.05, 4.69) is 10.6 Å². The Hall–Kier alpha value is -3.10. The lowest BCUT2D eigenvalue weighted by Gasteiger charge is -2.26. The van der Waals surface area contributed by atoms with Crippen molar-refractivity contribution in [2.24, 2.45) is 0 Å². The molecule has 1 aromatic carbocycles. The van der Waals surface area contributed by atoms with Gasteiger partial charge in [-0.2, -0.15) is 0 Å². The predicted octanol–water partition coefficient (Wildman–Crippen LogP) is 1.72. The van der Waals surface area contributed by atoms with Crippen molar-refractivity contribution in [3.8, 4) is 0 Å². The number of hydrogen-bond acceptors (Lipinski definition) is 4. The lowest BCUT2D eigenvalue weighted by atomic mass is 9.98. The first-order chi connectivity index (χ1) is 13.4. The quantitative estimate of drug-likeness (QED) is 0.819. The molecule has 1 fully saturated rings. The average molecular weight is 390 g/mol. The molecule has 1 atom stereocenters. The van der Waals surface area contributed by atoms with Gasteiger partial charge < -0.3 is 20.3 Å². The van der Waals surface area contributed by atoms with E-state index in [-0.39, 0.29) is 25.0 Å². The Morgan fingerprint density at radius 2 is 2.14 bits per heavy atom. The fourth-order valence-electron chi connectivity index (χ4n) is 3.28. The highest BCUT2D eigenvalue weighted by Gasteiger charge is 2.32. The van der Waals surface area contributed by atoms with E-state index in [4.69, 9.17) is 4.74 Å². The van der Waals surface area contributed by atoms with E-state index >= 15 is 0 Å². The van der Waals surface area contributed by atoms with Crippen molar-refractivity contribution in [1.82, 2.24) is 15.5 Å². The molecule has 8 nitrogen and oxygen atoms in total. The van der Waals surface area contributed by atoms with Crippen LogP contribution in [0.15, 0.2) is 24.3 Å². The number of ether oxygens (including phenoxy) is 1. The molecule has 2 aliphatic rings. The highest BCUT2D eigenvalue weighted by molar-refractivity contribution is 5.90. The summed E-state index contributed by atoms with van der Waals surface area (Å²) in [6, 6.07) is 4.46. The summed E-state index contributed by atoms with van der Waals surface area (Å²) in [7, 11) is 1.57. The van der Waals surface area contributed by atoms with Gasteiger partial charge in [0.1, 0.15) is 11.9 Å². The second kappa shape index (κ2) is 8.28. The molecule has 1 aromatic rings. The summed E-state index contributed by atoms with van der Waals surface area (Å²) >= 11 is 0. The Bertz CT molecular complexity index is 826. The van der Waals surface area contributed by atoms with Gasteiger partial charge in [0.05, 0.1) is 18.8 Å². The van der Waals surface area contributed by atoms with Gasteiger partial charge in [0.2, 0.25) is 5.91 Å². The molecule has 3 rings (SSSR count). The van der Waals surface area contributed by atoms with Gasteiger partial charge in [0.25, 0.3) is 0 Å². The Morgan fingerprint density at radius 1 is 1.36 bits per heavy atom. The smallest absolute Gasteiger partial charge is 0.414 e. The summed E-state index contributed by atoms with van der Waals surface area (Å²) in [6.45, 7) is 2.76. The number of halogens is 1. The van der Waals surface area contributed by atoms with Gasteiger partial charge >= 0.3 is 12.1 Å². The number of cyclic esters (lactones) is 1. The minimum absolute atomic E-state index is 0.160. The Morgan fingerprint density at radius 3 is 2.75 bits per heavy atom. The molecule has 2 N–H and O–H groups in total. The van der Waals surface area contributed by atoms with Gasteiger partial charge in [-0.3, -0.25) is 9.69 Å². The van der Waals surface area contributed by atoms with E-state index in [1.807, 2.05) is 6.08 Å². The molecular formula is C19H23FN4O4. The van der Waals surface area contributed by atoms with Crippen molar-refractivity contribution in [2.45, 2.75) is 19.4 Å². The number of nitrogens with one attached hydrogen (secondary N) is 2. The molecule has 2 heterocycles. The molecule has 0 aromatic heterocycles. The van der Waals surface area contributed by atoms with Crippen molar-refractivity contribution in [3.63, 3.8) is 0 Å². The van der Waals surface area contributed by atoms with E-state index in [0.717, 1.165) is 5.57 Å². The molecule has 4 amide bonds. The lowest BCUT2D eigenvalue weighted by Crippen LogP contribution is -2.40. The molecule has 0 saturated carbocycles. The number of anilines is 1. The number of rotatable bonds is 4. The van der Waals surface area contributed by atoms with Crippen molar-refractivity contribution in [3.05, 3.63) is 35.7 Å². The number of benzene rings is 1. The molecule has 0 unspecified atom stereocenters. The van der Waals surface area contributed by atoms with Crippen LogP contribution in [0.25, 0.3) is 5.57 Å². The van der Waals surface area contributed by atoms with Gasteiger partial charge in [-0.15, -0.1) is 0 Å². The fourth-order valence-corrected chi connectivity index (χ4v) is 3.28. The first-order valence-electron chi connectivity index (χ1n) is 9.07. The maximum Gasteiger partial charge on any atom is 0.414 e. The standard InChI is InChI=1S/C19H23FN4O4/c1-12(25)22-10-15-11-24(19(27)28-15)14-3-4-16(17(20)9-14)13-5-7-23(8-6-13)18(26)21-2/h3-5,9,15H,6-8,10-11H2,1-2H3,(H,21,26)(H,22,25)/t15-/m0/s1. The van der Waals surface area contributed by atoms with Crippen LogP contribution in [0, 0.1) is 5.82 Å². The number of nitrogens with zero attached hydrogens (tertiary/aromatic N) is 2. The zero-order valence-electron chi connectivity index (χ0n) is 15.8. The monoisotopic (exact) mass is 390 g/mol. The van der Waals surface area contributed by atoms with Crippen LogP contribution in [0.2, 0.25) is 0 Å². The second-order valence-corrected chi connectivity index (χ2v) is 6.70. The molecular weight excluding hydrogens is 367 g/mol. The molecule has 150 valence electrons. The van der Waals surface area contributed by atoms with Crippen LogP contribution in [-0.2, 0) is 9.53 Å². The Balaban J connectivity index is 1.69. The number of urea groups is 1. The van der Waals surface area contributed by atoms with E-state index in [1.54, 1.807) is 24.1 Å². The number of amides is 4.